The summed E-state index contributed by atoms with van der Waals surface area (Å²) in [5.74, 6) is 1.68. The van der Waals surface area contributed by atoms with Gasteiger partial charge in [-0.25, -0.2) is 4.98 Å². The molecule has 5 rings (SSSR count). The Kier molecular flexibility index (Phi) is 4.04. The standard InChI is InChI=1S/C19H24N6S/c1-25-11-13(10-20-25)22-19-23-17(21-12-6-3-2-4-7-12)16-14-8-5-9-15(14)26-18(16)24-19/h10-12H,2-9H2,1H3,(H2,21,22,23,24). The van der Waals surface area contributed by atoms with Crippen molar-refractivity contribution in [3.63, 3.8) is 0 Å². The van der Waals surface area contributed by atoms with Crippen molar-refractivity contribution in [2.75, 3.05) is 10.6 Å². The van der Waals surface area contributed by atoms with E-state index < -0.39 is 0 Å². The third-order valence-electron chi connectivity index (χ3n) is 5.47. The normalized spacial score (nSPS) is 17.6. The van der Waals surface area contributed by atoms with Crippen LogP contribution in [0.5, 0.6) is 0 Å². The highest BCUT2D eigenvalue weighted by Gasteiger charge is 2.24. The van der Waals surface area contributed by atoms with Crippen molar-refractivity contribution >= 4 is 39.0 Å². The van der Waals surface area contributed by atoms with Crippen LogP contribution in [-0.4, -0.2) is 25.8 Å². The van der Waals surface area contributed by atoms with Gasteiger partial charge in [-0.05, 0) is 37.7 Å². The second-order valence-electron chi connectivity index (χ2n) is 7.44. The smallest absolute Gasteiger partial charge is 0.230 e. The van der Waals surface area contributed by atoms with Crippen LogP contribution < -0.4 is 10.6 Å². The molecule has 0 aliphatic heterocycles. The molecule has 3 aromatic rings. The fraction of sp³-hybridized carbons (Fsp3) is 0.526. The first-order valence-corrected chi connectivity index (χ1v) is 10.4. The molecule has 3 aromatic heterocycles. The lowest BCUT2D eigenvalue weighted by atomic mass is 9.95. The number of rotatable bonds is 4. The molecule has 2 aliphatic rings. The van der Waals surface area contributed by atoms with Crippen molar-refractivity contribution < 1.29 is 0 Å². The van der Waals surface area contributed by atoms with E-state index >= 15 is 0 Å². The Balaban J connectivity index is 1.54. The Hall–Kier alpha value is -2.15. The second kappa shape index (κ2) is 6.54. The van der Waals surface area contributed by atoms with Gasteiger partial charge in [0, 0.05) is 24.2 Å². The summed E-state index contributed by atoms with van der Waals surface area (Å²) in [5, 5.41) is 12.6. The van der Waals surface area contributed by atoms with Gasteiger partial charge in [-0.3, -0.25) is 4.68 Å². The molecule has 1 saturated carbocycles. The number of hydrogen-bond acceptors (Lipinski definition) is 6. The van der Waals surface area contributed by atoms with Crippen LogP contribution >= 0.6 is 11.3 Å². The number of nitrogens with one attached hydrogen (secondary N) is 2. The topological polar surface area (TPSA) is 67.7 Å². The van der Waals surface area contributed by atoms with Crippen molar-refractivity contribution in [1.29, 1.82) is 0 Å². The van der Waals surface area contributed by atoms with Crippen molar-refractivity contribution in [3.05, 3.63) is 22.8 Å². The van der Waals surface area contributed by atoms with Gasteiger partial charge in [0.05, 0.1) is 17.3 Å². The van der Waals surface area contributed by atoms with Crippen LogP contribution in [0.4, 0.5) is 17.5 Å². The highest BCUT2D eigenvalue weighted by atomic mass is 32.1. The van der Waals surface area contributed by atoms with E-state index in [1.807, 2.05) is 24.6 Å². The Bertz CT molecular complexity index is 937. The maximum atomic E-state index is 4.89. The Morgan fingerprint density at radius 3 is 2.81 bits per heavy atom. The van der Waals surface area contributed by atoms with Gasteiger partial charge in [0.25, 0.3) is 0 Å². The van der Waals surface area contributed by atoms with E-state index in [9.17, 15) is 0 Å². The molecule has 0 amide bonds. The van der Waals surface area contributed by atoms with E-state index in [0.717, 1.165) is 22.8 Å². The van der Waals surface area contributed by atoms with Crippen LogP contribution in [0, 0.1) is 0 Å². The molecular weight excluding hydrogens is 344 g/mol. The van der Waals surface area contributed by atoms with E-state index in [1.54, 1.807) is 10.9 Å². The lowest BCUT2D eigenvalue weighted by Crippen LogP contribution is -2.23. The van der Waals surface area contributed by atoms with Crippen molar-refractivity contribution in [2.24, 2.45) is 7.05 Å². The zero-order valence-corrected chi connectivity index (χ0v) is 15.9. The summed E-state index contributed by atoms with van der Waals surface area (Å²) in [6.45, 7) is 0. The molecule has 2 N–H and O–H groups in total. The molecule has 0 unspecified atom stereocenters. The summed E-state index contributed by atoms with van der Waals surface area (Å²) in [6, 6.07) is 0.532. The summed E-state index contributed by atoms with van der Waals surface area (Å²) in [5.41, 5.74) is 2.40. The summed E-state index contributed by atoms with van der Waals surface area (Å²) < 4.78 is 1.78. The molecule has 0 atom stereocenters. The monoisotopic (exact) mass is 368 g/mol. The maximum Gasteiger partial charge on any atom is 0.230 e. The molecule has 0 bridgehead atoms. The maximum absolute atomic E-state index is 4.89. The van der Waals surface area contributed by atoms with Gasteiger partial charge < -0.3 is 10.6 Å². The zero-order chi connectivity index (χ0) is 17.5. The van der Waals surface area contributed by atoms with Crippen LogP contribution in [0.1, 0.15) is 49.0 Å². The number of fused-ring (bicyclic) bond motifs is 3. The molecular formula is C19H24N6S. The first-order chi connectivity index (χ1) is 12.8. The second-order valence-corrected chi connectivity index (χ2v) is 8.52. The molecule has 7 heteroatoms. The molecule has 26 heavy (non-hydrogen) atoms. The Morgan fingerprint density at radius 1 is 1.12 bits per heavy atom. The minimum Gasteiger partial charge on any atom is -0.367 e. The van der Waals surface area contributed by atoms with Gasteiger partial charge in [0.15, 0.2) is 0 Å². The van der Waals surface area contributed by atoms with E-state index in [2.05, 4.69) is 15.7 Å². The number of anilines is 3. The van der Waals surface area contributed by atoms with Crippen LogP contribution in [0.3, 0.4) is 0 Å². The van der Waals surface area contributed by atoms with Gasteiger partial charge in [-0.15, -0.1) is 11.3 Å². The summed E-state index contributed by atoms with van der Waals surface area (Å²) >= 11 is 1.84. The molecule has 2 aliphatic carbocycles. The lowest BCUT2D eigenvalue weighted by molar-refractivity contribution is 0.462. The molecule has 0 radical (unpaired) electrons. The Labute approximate surface area is 157 Å². The molecule has 0 aromatic carbocycles. The van der Waals surface area contributed by atoms with Crippen LogP contribution in [0.15, 0.2) is 12.4 Å². The first-order valence-electron chi connectivity index (χ1n) is 9.61. The highest BCUT2D eigenvalue weighted by molar-refractivity contribution is 7.19. The van der Waals surface area contributed by atoms with Crippen LogP contribution in [-0.2, 0) is 19.9 Å². The van der Waals surface area contributed by atoms with E-state index in [4.69, 9.17) is 9.97 Å². The molecule has 6 nitrogen and oxygen atoms in total. The fourth-order valence-corrected chi connectivity index (χ4v) is 5.47. The van der Waals surface area contributed by atoms with Gasteiger partial charge in [-0.2, -0.15) is 10.1 Å². The average Bonchev–Trinajstić information content (AvgIpc) is 3.32. The third-order valence-corrected chi connectivity index (χ3v) is 6.66. The van der Waals surface area contributed by atoms with Gasteiger partial charge in [0.1, 0.15) is 10.6 Å². The van der Waals surface area contributed by atoms with Gasteiger partial charge in [-0.1, -0.05) is 19.3 Å². The van der Waals surface area contributed by atoms with Gasteiger partial charge >= 0.3 is 0 Å². The number of nitrogens with zero attached hydrogens (tertiary/aromatic N) is 4. The molecule has 3 heterocycles. The van der Waals surface area contributed by atoms with E-state index in [-0.39, 0.29) is 0 Å². The van der Waals surface area contributed by atoms with E-state index in [1.165, 1.54) is 60.8 Å². The summed E-state index contributed by atoms with van der Waals surface area (Å²) in [4.78, 5) is 12.3. The number of hydrogen-bond donors (Lipinski definition) is 2. The van der Waals surface area contributed by atoms with Gasteiger partial charge in [0.2, 0.25) is 5.95 Å². The molecule has 0 saturated heterocycles. The number of aryl methyl sites for hydroxylation is 3. The molecule has 1 fully saturated rings. The minimum absolute atomic E-state index is 0.532. The van der Waals surface area contributed by atoms with Crippen molar-refractivity contribution in [2.45, 2.75) is 57.4 Å². The van der Waals surface area contributed by atoms with Crippen molar-refractivity contribution in [3.8, 4) is 0 Å². The predicted molar refractivity (Wildman–Crippen MR) is 106 cm³/mol. The zero-order valence-electron chi connectivity index (χ0n) is 15.1. The largest absolute Gasteiger partial charge is 0.367 e. The van der Waals surface area contributed by atoms with Crippen molar-refractivity contribution in [1.82, 2.24) is 19.7 Å². The summed E-state index contributed by atoms with van der Waals surface area (Å²) in [6.07, 6.45) is 13.8. The average molecular weight is 369 g/mol. The SMILES string of the molecule is Cn1cc(Nc2nc(NC3CCCCC3)c3c4c(sc3n2)CCC4)cn1. The van der Waals surface area contributed by atoms with Crippen LogP contribution in [0.2, 0.25) is 0 Å². The number of aromatic nitrogens is 4. The molecule has 136 valence electrons. The first kappa shape index (κ1) is 16.1. The number of thiophene rings is 1. The third kappa shape index (κ3) is 2.94. The highest BCUT2D eigenvalue weighted by Crippen LogP contribution is 2.40. The minimum atomic E-state index is 0.532. The lowest BCUT2D eigenvalue weighted by Gasteiger charge is -2.24. The molecule has 0 spiro atoms. The summed E-state index contributed by atoms with van der Waals surface area (Å²) in [7, 11) is 1.91. The quantitative estimate of drug-likeness (QED) is 0.714. The Morgan fingerprint density at radius 2 is 2.00 bits per heavy atom. The fourth-order valence-electron chi connectivity index (χ4n) is 4.21. The van der Waals surface area contributed by atoms with E-state index in [0.29, 0.717) is 12.0 Å². The predicted octanol–water partition coefficient (Wildman–Crippen LogP) is 4.40. The van der Waals surface area contributed by atoms with Crippen LogP contribution in [0.25, 0.3) is 10.2 Å².